The van der Waals surface area contributed by atoms with Crippen molar-refractivity contribution in [2.75, 3.05) is 0 Å². The molecule has 0 atom stereocenters. The van der Waals surface area contributed by atoms with E-state index >= 15 is 0 Å². The highest BCUT2D eigenvalue weighted by molar-refractivity contribution is 7.97. The van der Waals surface area contributed by atoms with Gasteiger partial charge in [0, 0.05) is 10.9 Å². The van der Waals surface area contributed by atoms with Crippen LogP contribution in [0, 0.1) is 0 Å². The Morgan fingerprint density at radius 1 is 0.605 bits per heavy atom. The van der Waals surface area contributed by atoms with Crippen molar-refractivity contribution < 1.29 is 4.79 Å². The molecule has 1 nitrogen and oxygen atoms in total. The van der Waals surface area contributed by atoms with E-state index in [4.69, 9.17) is 0 Å². The van der Waals surface area contributed by atoms with Gasteiger partial charge in [-0.3, -0.25) is 4.79 Å². The average molecular weight is 517 g/mol. The summed E-state index contributed by atoms with van der Waals surface area (Å²) in [5, 5.41) is 4.71. The zero-order chi connectivity index (χ0) is 26.2. The third-order valence-electron chi connectivity index (χ3n) is 7.64. The van der Waals surface area contributed by atoms with Crippen molar-refractivity contribution in [1.82, 2.24) is 0 Å². The van der Waals surface area contributed by atoms with Crippen molar-refractivity contribution in [2.24, 2.45) is 0 Å². The van der Waals surface area contributed by atoms with E-state index < -0.39 is 6.89 Å². The van der Waals surface area contributed by atoms with Crippen LogP contribution in [0.3, 0.4) is 0 Å². The van der Waals surface area contributed by atoms with Gasteiger partial charge in [0.2, 0.25) is 0 Å². The molecule has 1 aliphatic heterocycles. The van der Waals surface area contributed by atoms with Crippen molar-refractivity contribution in [2.45, 2.75) is 51.9 Å². The minimum atomic E-state index is -2.42. The van der Waals surface area contributed by atoms with E-state index in [2.05, 4.69) is 97.9 Å². The molecule has 38 heavy (non-hydrogen) atoms. The quantitative estimate of drug-likeness (QED) is 0.112. The summed E-state index contributed by atoms with van der Waals surface area (Å²) in [7, 11) is 0. The average Bonchev–Trinajstić information content (AvgIpc) is 2.99. The Balaban J connectivity index is 1.77. The maximum absolute atomic E-state index is 14.5. The second-order valence-electron chi connectivity index (χ2n) is 10.1. The molecule has 0 saturated heterocycles. The van der Waals surface area contributed by atoms with Crippen LogP contribution in [-0.4, -0.2) is 11.1 Å². The number of benzene rings is 4. The van der Waals surface area contributed by atoms with Crippen LogP contribution in [0.4, 0.5) is 0 Å². The summed E-state index contributed by atoms with van der Waals surface area (Å²) in [6.07, 6.45) is 10.9. The molecule has 0 fully saturated rings. The molecule has 0 aliphatic carbocycles. The number of fused-ring (bicyclic) bond motifs is 1. The molecule has 5 rings (SSSR count). The summed E-state index contributed by atoms with van der Waals surface area (Å²) in [5.74, 6) is 0.140. The van der Waals surface area contributed by atoms with Gasteiger partial charge < -0.3 is 0 Å². The van der Waals surface area contributed by atoms with Gasteiger partial charge in [-0.15, -0.1) is 0 Å². The van der Waals surface area contributed by atoms with E-state index in [9.17, 15) is 4.79 Å². The molecular weight excluding hydrogens is 479 g/mol. The van der Waals surface area contributed by atoms with Crippen LogP contribution in [0.15, 0.2) is 121 Å². The number of unbranched alkanes of at least 4 members (excludes halogenated alkanes) is 5. The SMILES string of the molecule is CCCCCCCCC1=CC(C(=O)c2ccccc2)=P(c2ccccc2)(c2ccccc2)c2ccccc21. The van der Waals surface area contributed by atoms with E-state index in [0.717, 1.165) is 23.7 Å². The summed E-state index contributed by atoms with van der Waals surface area (Å²) in [4.78, 5) is 14.5. The van der Waals surface area contributed by atoms with E-state index in [1.807, 2.05) is 30.3 Å². The first-order chi connectivity index (χ1) is 18.8. The summed E-state index contributed by atoms with van der Waals surface area (Å²) in [6, 6.07) is 40.2. The highest BCUT2D eigenvalue weighted by atomic mass is 31.2. The van der Waals surface area contributed by atoms with Crippen LogP contribution < -0.4 is 15.9 Å². The van der Waals surface area contributed by atoms with E-state index in [1.54, 1.807) is 0 Å². The summed E-state index contributed by atoms with van der Waals surface area (Å²) < 4.78 is 0. The van der Waals surface area contributed by atoms with Crippen molar-refractivity contribution in [1.29, 1.82) is 0 Å². The number of Topliss-reactive ketones (excluding diaryl/α,β-unsaturated/α-hetero) is 1. The number of hydrogen-bond acceptors (Lipinski definition) is 1. The maximum Gasteiger partial charge on any atom is 0.194 e. The van der Waals surface area contributed by atoms with Crippen molar-refractivity contribution in [3.8, 4) is 0 Å². The van der Waals surface area contributed by atoms with Crippen molar-refractivity contribution >= 4 is 39.4 Å². The summed E-state index contributed by atoms with van der Waals surface area (Å²) >= 11 is 0. The Hall–Kier alpha value is -3.41. The summed E-state index contributed by atoms with van der Waals surface area (Å²) in [5.41, 5.74) is 3.37. The lowest BCUT2D eigenvalue weighted by molar-refractivity contribution is 0.106. The first-order valence-corrected chi connectivity index (χ1v) is 15.8. The van der Waals surface area contributed by atoms with Gasteiger partial charge in [-0.05, 0) is 52.9 Å². The predicted molar refractivity (Wildman–Crippen MR) is 167 cm³/mol. The van der Waals surface area contributed by atoms with E-state index in [0.29, 0.717) is 0 Å². The standard InChI is InChI=1S/C36H37OP/c1-2-3-4-5-6-10-21-30-28-35(36(37)29-19-11-7-12-20-29)38(31-22-13-8-14-23-31,32-24-15-9-16-25-32)34-27-18-17-26-33(30)34/h7-9,11-20,22-28H,2-6,10,21H2,1H3. The highest BCUT2D eigenvalue weighted by Gasteiger charge is 2.37. The lowest BCUT2D eigenvalue weighted by Gasteiger charge is -2.36. The number of allylic oxidation sites excluding steroid dienone is 2. The molecule has 0 N–H and O–H groups in total. The minimum absolute atomic E-state index is 0.140. The van der Waals surface area contributed by atoms with Gasteiger partial charge in [0.15, 0.2) is 5.78 Å². The molecular formula is C36H37OP. The van der Waals surface area contributed by atoms with Crippen LogP contribution in [0.1, 0.15) is 67.8 Å². The highest BCUT2D eigenvalue weighted by Crippen LogP contribution is 2.51. The zero-order valence-electron chi connectivity index (χ0n) is 22.4. The maximum atomic E-state index is 14.5. The van der Waals surface area contributed by atoms with Gasteiger partial charge in [-0.1, -0.05) is 154 Å². The van der Waals surface area contributed by atoms with Crippen molar-refractivity contribution in [3.63, 3.8) is 0 Å². The predicted octanol–water partition coefficient (Wildman–Crippen LogP) is 8.18. The molecule has 1 aliphatic rings. The third-order valence-corrected chi connectivity index (χ3v) is 12.0. The fraction of sp³-hybridized carbons (Fsp3) is 0.222. The Labute approximate surface area is 228 Å². The van der Waals surface area contributed by atoms with Gasteiger partial charge in [0.25, 0.3) is 0 Å². The van der Waals surface area contributed by atoms with Crippen LogP contribution >= 0.6 is 6.89 Å². The minimum Gasteiger partial charge on any atom is -0.289 e. The molecule has 0 unspecified atom stereocenters. The lowest BCUT2D eigenvalue weighted by Crippen LogP contribution is -2.36. The molecule has 1 heterocycles. The number of carbonyl (C=O) groups excluding carboxylic acids is 1. The Bertz CT molecular complexity index is 1410. The fourth-order valence-corrected chi connectivity index (χ4v) is 10.4. The summed E-state index contributed by atoms with van der Waals surface area (Å²) in [6.45, 7) is -0.154. The number of hydrogen-bond donors (Lipinski definition) is 0. The van der Waals surface area contributed by atoms with Gasteiger partial charge >= 0.3 is 0 Å². The normalized spacial score (nSPS) is 14.0. The topological polar surface area (TPSA) is 17.1 Å². The van der Waals surface area contributed by atoms with Gasteiger partial charge in [0.1, 0.15) is 0 Å². The van der Waals surface area contributed by atoms with Gasteiger partial charge in [-0.25, -0.2) is 0 Å². The fourth-order valence-electron chi connectivity index (χ4n) is 5.77. The molecule has 2 heteroatoms. The monoisotopic (exact) mass is 516 g/mol. The van der Waals surface area contributed by atoms with E-state index in [1.165, 1.54) is 59.2 Å². The Morgan fingerprint density at radius 3 is 1.76 bits per heavy atom. The Kier molecular flexibility index (Phi) is 8.57. The van der Waals surface area contributed by atoms with Crippen LogP contribution in [-0.2, 0) is 0 Å². The number of ketones is 1. The zero-order valence-corrected chi connectivity index (χ0v) is 23.2. The van der Waals surface area contributed by atoms with Crippen molar-refractivity contribution in [3.05, 3.63) is 132 Å². The molecule has 0 aromatic heterocycles. The largest absolute Gasteiger partial charge is 0.289 e. The van der Waals surface area contributed by atoms with Gasteiger partial charge in [-0.2, -0.15) is 0 Å². The lowest BCUT2D eigenvalue weighted by atomic mass is 9.96. The first-order valence-electron chi connectivity index (χ1n) is 14.0. The number of rotatable bonds is 11. The molecule has 192 valence electrons. The first kappa shape index (κ1) is 26.2. The molecule has 0 saturated carbocycles. The molecule has 0 radical (unpaired) electrons. The van der Waals surface area contributed by atoms with Crippen LogP contribution in [0.2, 0.25) is 0 Å². The number of carbonyl (C=O) groups is 1. The van der Waals surface area contributed by atoms with Crippen LogP contribution in [0.25, 0.3) is 5.57 Å². The molecule has 0 spiro atoms. The second-order valence-corrected chi connectivity index (χ2v) is 13.5. The van der Waals surface area contributed by atoms with E-state index in [-0.39, 0.29) is 5.78 Å². The van der Waals surface area contributed by atoms with Gasteiger partial charge in [0.05, 0.1) is 0 Å². The van der Waals surface area contributed by atoms with Crippen LogP contribution in [0.5, 0.6) is 0 Å². The Morgan fingerprint density at radius 2 is 1.13 bits per heavy atom. The molecule has 0 amide bonds. The second kappa shape index (κ2) is 12.4. The smallest absolute Gasteiger partial charge is 0.194 e. The molecule has 4 aromatic carbocycles. The third kappa shape index (κ3) is 5.13. The molecule has 0 bridgehead atoms. The molecule has 4 aromatic rings.